The average molecular weight is 547 g/mol. The number of aliphatic imine (C=N–C) groups is 1. The largest absolute Gasteiger partial charge is 0.443 e. The van der Waals surface area contributed by atoms with Crippen molar-refractivity contribution in [2.75, 3.05) is 4.90 Å². The minimum Gasteiger partial charge on any atom is -0.443 e. The van der Waals surface area contributed by atoms with Gasteiger partial charge in [-0.15, -0.1) is 0 Å². The number of nitrogens with two attached hydrogens (primary N) is 1. The van der Waals surface area contributed by atoms with Crippen LogP contribution in [-0.4, -0.2) is 39.3 Å². The summed E-state index contributed by atoms with van der Waals surface area (Å²) in [5, 5.41) is 11.0. The summed E-state index contributed by atoms with van der Waals surface area (Å²) in [7, 11) is 0. The lowest BCUT2D eigenvalue weighted by atomic mass is 10.0. The molecule has 1 unspecified atom stereocenters. The minimum atomic E-state index is -0.895. The van der Waals surface area contributed by atoms with Crippen molar-refractivity contribution in [3.8, 4) is 0 Å². The zero-order chi connectivity index (χ0) is 29.7. The van der Waals surface area contributed by atoms with Gasteiger partial charge in [0.1, 0.15) is 29.0 Å². The number of hydrogen-bond acceptors (Lipinski definition) is 6. The molecule has 0 saturated heterocycles. The molecule has 0 spiro atoms. The van der Waals surface area contributed by atoms with Gasteiger partial charge in [0.25, 0.3) is 0 Å². The van der Waals surface area contributed by atoms with Crippen molar-refractivity contribution in [3.05, 3.63) is 94.7 Å². The number of nitrogens with zero attached hydrogens (tertiary/aromatic N) is 3. The van der Waals surface area contributed by atoms with Gasteiger partial charge in [-0.3, -0.25) is 4.90 Å². The molecule has 0 fully saturated rings. The number of amides is 2. The van der Waals surface area contributed by atoms with Gasteiger partial charge in [-0.25, -0.2) is 14.6 Å². The molecule has 1 heterocycles. The third kappa shape index (κ3) is 8.91. The molecule has 0 radical (unpaired) electrons. The van der Waals surface area contributed by atoms with Crippen molar-refractivity contribution >= 4 is 23.8 Å². The van der Waals surface area contributed by atoms with Crippen LogP contribution in [0.5, 0.6) is 0 Å². The van der Waals surface area contributed by atoms with Crippen LogP contribution in [-0.2, 0) is 16.0 Å². The number of aromatic nitrogens is 1. The second-order valence-corrected chi connectivity index (χ2v) is 11.5. The number of carbonyl (C=O) groups is 2. The third-order valence-corrected chi connectivity index (χ3v) is 5.53. The van der Waals surface area contributed by atoms with Crippen LogP contribution >= 0.6 is 0 Å². The molecule has 2 amide bonds. The molecular formula is C31H38N4O5. The zero-order valence-electron chi connectivity index (χ0n) is 24.1. The van der Waals surface area contributed by atoms with E-state index in [-0.39, 0.29) is 12.4 Å². The number of aliphatic hydroxyl groups excluding tert-OH is 1. The van der Waals surface area contributed by atoms with Gasteiger partial charge in [-0.1, -0.05) is 54.1 Å². The highest BCUT2D eigenvalue weighted by Gasteiger charge is 2.26. The Morgan fingerprint density at radius 1 is 0.950 bits per heavy atom. The highest BCUT2D eigenvalue weighted by atomic mass is 16.6. The maximum Gasteiger partial charge on any atom is 0.436 e. The van der Waals surface area contributed by atoms with Crippen molar-refractivity contribution in [3.63, 3.8) is 0 Å². The maximum atomic E-state index is 13.3. The number of anilines is 1. The molecule has 0 bridgehead atoms. The molecule has 3 rings (SSSR count). The van der Waals surface area contributed by atoms with Gasteiger partial charge >= 0.3 is 12.2 Å². The summed E-state index contributed by atoms with van der Waals surface area (Å²) in [5.41, 5.74) is 8.23. The molecule has 40 heavy (non-hydrogen) atoms. The average Bonchev–Trinajstić information content (AvgIpc) is 2.85. The Balaban J connectivity index is 1.88. The van der Waals surface area contributed by atoms with E-state index in [4.69, 9.17) is 15.2 Å². The van der Waals surface area contributed by atoms with Crippen molar-refractivity contribution in [2.45, 2.75) is 72.3 Å². The van der Waals surface area contributed by atoms with E-state index in [1.54, 1.807) is 84.1 Å². The van der Waals surface area contributed by atoms with Crippen LogP contribution in [0.15, 0.2) is 71.9 Å². The lowest BCUT2D eigenvalue weighted by Crippen LogP contribution is -2.37. The number of aryl methyl sites for hydroxylation is 1. The first kappa shape index (κ1) is 30.3. The Kier molecular flexibility index (Phi) is 9.32. The molecular weight excluding hydrogens is 508 g/mol. The fraction of sp³-hybridized carbons (Fsp3) is 0.355. The number of hydrogen-bond donors (Lipinski definition) is 2. The van der Waals surface area contributed by atoms with Crippen molar-refractivity contribution in [1.82, 2.24) is 4.98 Å². The standard InChI is InChI=1S/C31H38N4O5/c1-20-9-8-10-23(17-20)26(36)24-15-16-33-25(18-24)35(29(38)40-31(5,6)7)19-21-11-13-22(14-12-21)27(32)34-28(37)39-30(2,3)4/h8-18,26,36H,19H2,1-7H3,(H2,32,34,37). The molecule has 2 aromatic carbocycles. The summed E-state index contributed by atoms with van der Waals surface area (Å²) in [6.45, 7) is 12.7. The summed E-state index contributed by atoms with van der Waals surface area (Å²) in [6.07, 6.45) is -0.701. The highest BCUT2D eigenvalue weighted by Crippen LogP contribution is 2.27. The summed E-state index contributed by atoms with van der Waals surface area (Å²) in [5.74, 6) is 0.345. The summed E-state index contributed by atoms with van der Waals surface area (Å²) >= 11 is 0. The van der Waals surface area contributed by atoms with Crippen LogP contribution in [0, 0.1) is 6.92 Å². The Bertz CT molecular complexity index is 1370. The molecule has 3 N–H and O–H groups in total. The van der Waals surface area contributed by atoms with Gasteiger partial charge in [-0.05, 0) is 77.3 Å². The fourth-order valence-corrected chi connectivity index (χ4v) is 3.75. The van der Waals surface area contributed by atoms with Gasteiger partial charge in [0.2, 0.25) is 0 Å². The number of carbonyl (C=O) groups excluding carboxylic acids is 2. The van der Waals surface area contributed by atoms with E-state index in [0.29, 0.717) is 16.9 Å². The van der Waals surface area contributed by atoms with Crippen LogP contribution < -0.4 is 10.6 Å². The molecule has 0 aliphatic heterocycles. The lowest BCUT2D eigenvalue weighted by Gasteiger charge is -2.27. The van der Waals surface area contributed by atoms with E-state index >= 15 is 0 Å². The molecule has 9 heteroatoms. The molecule has 212 valence electrons. The first-order valence-electron chi connectivity index (χ1n) is 13.0. The monoisotopic (exact) mass is 546 g/mol. The Labute approximate surface area is 235 Å². The molecule has 0 aliphatic rings. The topological polar surface area (TPSA) is 127 Å². The number of amidine groups is 1. The van der Waals surface area contributed by atoms with Crippen molar-refractivity contribution < 1.29 is 24.2 Å². The normalized spacial score (nSPS) is 12.9. The number of benzene rings is 2. The summed E-state index contributed by atoms with van der Waals surface area (Å²) in [6, 6.07) is 18.0. The number of rotatable bonds is 6. The van der Waals surface area contributed by atoms with E-state index in [1.165, 1.54) is 4.90 Å². The van der Waals surface area contributed by atoms with E-state index in [0.717, 1.165) is 16.7 Å². The Morgan fingerprint density at radius 2 is 1.57 bits per heavy atom. The van der Waals surface area contributed by atoms with Crippen LogP contribution in [0.3, 0.4) is 0 Å². The number of pyridine rings is 1. The maximum absolute atomic E-state index is 13.3. The second kappa shape index (κ2) is 12.3. The minimum absolute atomic E-state index is 0.0179. The zero-order valence-corrected chi connectivity index (χ0v) is 24.1. The van der Waals surface area contributed by atoms with E-state index in [1.807, 2.05) is 31.2 Å². The molecule has 9 nitrogen and oxygen atoms in total. The fourth-order valence-electron chi connectivity index (χ4n) is 3.75. The Morgan fingerprint density at radius 3 is 2.17 bits per heavy atom. The van der Waals surface area contributed by atoms with Gasteiger partial charge in [-0.2, -0.15) is 4.99 Å². The predicted octanol–water partition coefficient (Wildman–Crippen LogP) is 6.05. The highest BCUT2D eigenvalue weighted by molar-refractivity contribution is 6.02. The lowest BCUT2D eigenvalue weighted by molar-refractivity contribution is 0.0572. The Hall–Kier alpha value is -4.24. The number of aliphatic hydroxyl groups is 1. The number of ether oxygens (including phenoxy) is 2. The van der Waals surface area contributed by atoms with E-state index < -0.39 is 29.5 Å². The van der Waals surface area contributed by atoms with E-state index in [2.05, 4.69) is 9.98 Å². The smallest absolute Gasteiger partial charge is 0.436 e. The second-order valence-electron chi connectivity index (χ2n) is 11.5. The molecule has 0 aliphatic carbocycles. The first-order chi connectivity index (χ1) is 18.6. The van der Waals surface area contributed by atoms with Crippen molar-refractivity contribution in [1.29, 1.82) is 0 Å². The first-order valence-corrected chi connectivity index (χ1v) is 13.0. The summed E-state index contributed by atoms with van der Waals surface area (Å²) < 4.78 is 10.9. The summed E-state index contributed by atoms with van der Waals surface area (Å²) in [4.78, 5) is 34.9. The van der Waals surface area contributed by atoms with Crippen LogP contribution in [0.2, 0.25) is 0 Å². The third-order valence-electron chi connectivity index (χ3n) is 5.53. The van der Waals surface area contributed by atoms with Crippen LogP contribution in [0.4, 0.5) is 15.4 Å². The molecule has 0 saturated carbocycles. The van der Waals surface area contributed by atoms with E-state index in [9.17, 15) is 14.7 Å². The quantitative estimate of drug-likeness (QED) is 0.284. The molecule has 1 atom stereocenters. The predicted molar refractivity (Wildman–Crippen MR) is 155 cm³/mol. The molecule has 3 aromatic rings. The van der Waals surface area contributed by atoms with Crippen molar-refractivity contribution in [2.24, 2.45) is 10.7 Å². The van der Waals surface area contributed by atoms with Gasteiger partial charge in [0, 0.05) is 11.8 Å². The molecule has 1 aromatic heterocycles. The van der Waals surface area contributed by atoms with Gasteiger partial charge in [0.15, 0.2) is 0 Å². The van der Waals surface area contributed by atoms with Crippen LogP contribution in [0.1, 0.15) is 75.5 Å². The van der Waals surface area contributed by atoms with Crippen LogP contribution in [0.25, 0.3) is 0 Å². The van der Waals surface area contributed by atoms with Gasteiger partial charge < -0.3 is 20.3 Å². The van der Waals surface area contributed by atoms with Gasteiger partial charge in [0.05, 0.1) is 6.54 Å². The SMILES string of the molecule is Cc1cccc(C(O)c2ccnc(N(Cc3ccc(/C(N)=N/C(=O)OC(C)(C)C)cc3)C(=O)OC(C)(C)C)c2)c1.